The minimum Gasteiger partial charge on any atom is -0.336 e. The molecule has 0 atom stereocenters. The third-order valence-electron chi connectivity index (χ3n) is 2.12. The van der Waals surface area contributed by atoms with E-state index in [0.29, 0.717) is 5.69 Å². The van der Waals surface area contributed by atoms with Crippen molar-refractivity contribution in [2.45, 2.75) is 26.8 Å². The van der Waals surface area contributed by atoms with Crippen LogP contribution in [0, 0.1) is 0 Å². The number of nitrogens with one attached hydrogen (secondary N) is 1. The fourth-order valence-corrected chi connectivity index (χ4v) is 1.38. The molecule has 74 valence electrons. The molecule has 0 aromatic carbocycles. The third kappa shape index (κ3) is 1.21. The summed E-state index contributed by atoms with van der Waals surface area (Å²) in [6, 6.07) is 1.96. The largest absolute Gasteiger partial charge is 0.336 e. The molecule has 0 aliphatic heterocycles. The van der Waals surface area contributed by atoms with Gasteiger partial charge in [0, 0.05) is 6.92 Å². The van der Waals surface area contributed by atoms with Crippen molar-refractivity contribution in [1.82, 2.24) is 20.0 Å². The Labute approximate surface area is 81.1 Å². The van der Waals surface area contributed by atoms with Crippen LogP contribution < -0.4 is 0 Å². The van der Waals surface area contributed by atoms with Crippen LogP contribution in [0.4, 0.5) is 0 Å². The number of Topliss-reactive ketones (excluding diaryl/α,β-unsaturated/α-hetero) is 1. The summed E-state index contributed by atoms with van der Waals surface area (Å²) in [6.07, 6.45) is 0. The summed E-state index contributed by atoms with van der Waals surface area (Å²) in [5.41, 5.74) is 2.13. The van der Waals surface area contributed by atoms with Gasteiger partial charge in [0.1, 0.15) is 5.52 Å². The van der Waals surface area contributed by atoms with Crippen molar-refractivity contribution < 1.29 is 4.79 Å². The molecule has 5 nitrogen and oxygen atoms in total. The number of ketones is 1. The molecule has 0 fully saturated rings. The van der Waals surface area contributed by atoms with E-state index in [1.165, 1.54) is 6.92 Å². The quantitative estimate of drug-likeness (QED) is 0.734. The first-order valence-corrected chi connectivity index (χ1v) is 4.54. The standard InChI is InChI=1S/C9H12N4O/c1-5(2)13-9-8(11-12-13)4-7(10-9)6(3)14/h4-5,10H,1-3H3. The monoisotopic (exact) mass is 192 g/mol. The molecule has 0 amide bonds. The Balaban J connectivity index is 2.61. The van der Waals surface area contributed by atoms with Gasteiger partial charge in [-0.3, -0.25) is 4.79 Å². The Morgan fingerprint density at radius 1 is 1.57 bits per heavy atom. The zero-order valence-corrected chi connectivity index (χ0v) is 8.40. The van der Waals surface area contributed by atoms with E-state index in [4.69, 9.17) is 0 Å². The molecule has 2 aromatic rings. The number of aromatic amines is 1. The predicted molar refractivity (Wildman–Crippen MR) is 52.3 cm³/mol. The molecule has 0 radical (unpaired) electrons. The van der Waals surface area contributed by atoms with Crippen LogP contribution in [0.25, 0.3) is 11.2 Å². The molecule has 0 aliphatic carbocycles. The summed E-state index contributed by atoms with van der Waals surface area (Å²) in [7, 11) is 0. The van der Waals surface area contributed by atoms with Crippen molar-refractivity contribution in [1.29, 1.82) is 0 Å². The molecular formula is C9H12N4O. The second-order valence-electron chi connectivity index (χ2n) is 3.60. The minimum absolute atomic E-state index is 0.0123. The summed E-state index contributed by atoms with van der Waals surface area (Å²) in [5.74, 6) is 0.0123. The van der Waals surface area contributed by atoms with Crippen LogP contribution in [0.1, 0.15) is 37.3 Å². The highest BCUT2D eigenvalue weighted by Gasteiger charge is 2.12. The topological polar surface area (TPSA) is 63.6 Å². The second-order valence-corrected chi connectivity index (χ2v) is 3.60. The Kier molecular flexibility index (Phi) is 1.87. The van der Waals surface area contributed by atoms with Crippen LogP contribution in [-0.2, 0) is 0 Å². The second kappa shape index (κ2) is 2.94. The molecule has 14 heavy (non-hydrogen) atoms. The van der Waals surface area contributed by atoms with Gasteiger partial charge in [-0.05, 0) is 19.9 Å². The van der Waals surface area contributed by atoms with Crippen molar-refractivity contribution in [2.75, 3.05) is 0 Å². The lowest BCUT2D eigenvalue weighted by Gasteiger charge is -2.02. The fourth-order valence-electron chi connectivity index (χ4n) is 1.38. The van der Waals surface area contributed by atoms with E-state index in [0.717, 1.165) is 11.2 Å². The van der Waals surface area contributed by atoms with Gasteiger partial charge in [0.2, 0.25) is 0 Å². The molecule has 5 heteroatoms. The first-order chi connectivity index (χ1) is 6.59. The Hall–Kier alpha value is -1.65. The van der Waals surface area contributed by atoms with Gasteiger partial charge < -0.3 is 4.98 Å². The summed E-state index contributed by atoms with van der Waals surface area (Å²) in [4.78, 5) is 14.1. The van der Waals surface area contributed by atoms with Crippen LogP contribution in [0.2, 0.25) is 0 Å². The van der Waals surface area contributed by atoms with Crippen molar-refractivity contribution in [2.24, 2.45) is 0 Å². The fraction of sp³-hybridized carbons (Fsp3) is 0.444. The maximum atomic E-state index is 11.1. The Bertz CT molecular complexity index is 480. The molecular weight excluding hydrogens is 180 g/mol. The molecule has 0 aliphatic rings. The number of hydrogen-bond donors (Lipinski definition) is 1. The molecule has 2 heterocycles. The lowest BCUT2D eigenvalue weighted by Crippen LogP contribution is -2.04. The summed E-state index contributed by atoms with van der Waals surface area (Å²) >= 11 is 0. The van der Waals surface area contributed by atoms with Gasteiger partial charge in [-0.15, -0.1) is 5.10 Å². The summed E-state index contributed by atoms with van der Waals surface area (Å²) in [5, 5.41) is 7.95. The zero-order chi connectivity index (χ0) is 10.3. The van der Waals surface area contributed by atoms with Gasteiger partial charge in [-0.2, -0.15) is 0 Å². The summed E-state index contributed by atoms with van der Waals surface area (Å²) in [6.45, 7) is 5.56. The average Bonchev–Trinajstić information content (AvgIpc) is 2.58. The van der Waals surface area contributed by atoms with Crippen molar-refractivity contribution in [3.63, 3.8) is 0 Å². The zero-order valence-electron chi connectivity index (χ0n) is 8.40. The molecule has 1 N–H and O–H groups in total. The van der Waals surface area contributed by atoms with Crippen LogP contribution in [0.15, 0.2) is 6.07 Å². The first-order valence-electron chi connectivity index (χ1n) is 4.54. The minimum atomic E-state index is 0.0123. The van der Waals surface area contributed by atoms with Crippen LogP contribution in [0.3, 0.4) is 0 Å². The lowest BCUT2D eigenvalue weighted by atomic mass is 10.3. The molecule has 0 spiro atoms. The molecule has 2 rings (SSSR count). The Morgan fingerprint density at radius 3 is 2.86 bits per heavy atom. The molecule has 2 aromatic heterocycles. The van der Waals surface area contributed by atoms with E-state index in [1.54, 1.807) is 10.7 Å². The van der Waals surface area contributed by atoms with E-state index in [2.05, 4.69) is 15.3 Å². The number of aromatic nitrogens is 4. The lowest BCUT2D eigenvalue weighted by molar-refractivity contribution is 0.101. The van der Waals surface area contributed by atoms with Gasteiger partial charge in [-0.1, -0.05) is 5.21 Å². The number of fused-ring (bicyclic) bond motifs is 1. The van der Waals surface area contributed by atoms with Gasteiger partial charge in [0.15, 0.2) is 11.4 Å². The van der Waals surface area contributed by atoms with E-state index in [-0.39, 0.29) is 11.8 Å². The maximum absolute atomic E-state index is 11.1. The molecule has 0 saturated heterocycles. The number of nitrogens with zero attached hydrogens (tertiary/aromatic N) is 3. The first kappa shape index (κ1) is 8.93. The van der Waals surface area contributed by atoms with E-state index < -0.39 is 0 Å². The van der Waals surface area contributed by atoms with E-state index >= 15 is 0 Å². The number of carbonyl (C=O) groups excluding carboxylic acids is 1. The summed E-state index contributed by atoms with van der Waals surface area (Å²) < 4.78 is 1.77. The molecule has 0 saturated carbocycles. The van der Waals surface area contributed by atoms with Crippen molar-refractivity contribution in [3.05, 3.63) is 11.8 Å². The third-order valence-corrected chi connectivity index (χ3v) is 2.12. The number of H-pyrrole nitrogens is 1. The van der Waals surface area contributed by atoms with Crippen molar-refractivity contribution in [3.8, 4) is 0 Å². The Morgan fingerprint density at radius 2 is 2.29 bits per heavy atom. The average molecular weight is 192 g/mol. The van der Waals surface area contributed by atoms with Crippen LogP contribution in [0.5, 0.6) is 0 Å². The van der Waals surface area contributed by atoms with E-state index in [9.17, 15) is 4.79 Å². The predicted octanol–water partition coefficient (Wildman–Crippen LogP) is 1.54. The van der Waals surface area contributed by atoms with Gasteiger partial charge in [0.05, 0.1) is 11.7 Å². The smallest absolute Gasteiger partial charge is 0.176 e. The molecule has 0 unspecified atom stereocenters. The highest BCUT2D eigenvalue weighted by molar-refractivity contribution is 5.96. The maximum Gasteiger partial charge on any atom is 0.176 e. The number of carbonyl (C=O) groups is 1. The molecule has 0 bridgehead atoms. The van der Waals surface area contributed by atoms with Gasteiger partial charge in [-0.25, -0.2) is 4.68 Å². The highest BCUT2D eigenvalue weighted by Crippen LogP contribution is 2.15. The van der Waals surface area contributed by atoms with Crippen LogP contribution in [-0.4, -0.2) is 25.8 Å². The van der Waals surface area contributed by atoms with Gasteiger partial charge >= 0.3 is 0 Å². The van der Waals surface area contributed by atoms with E-state index in [1.807, 2.05) is 13.8 Å². The van der Waals surface area contributed by atoms with Crippen molar-refractivity contribution >= 4 is 16.9 Å². The van der Waals surface area contributed by atoms with Crippen LogP contribution >= 0.6 is 0 Å². The number of rotatable bonds is 2. The SMILES string of the molecule is CC(=O)c1cc2nnn(C(C)C)c2[nH]1. The number of hydrogen-bond acceptors (Lipinski definition) is 3. The normalized spacial score (nSPS) is 11.4. The van der Waals surface area contributed by atoms with Gasteiger partial charge in [0.25, 0.3) is 0 Å². The highest BCUT2D eigenvalue weighted by atomic mass is 16.1.